The van der Waals surface area contributed by atoms with Crippen LogP contribution in [0.2, 0.25) is 0 Å². The Morgan fingerprint density at radius 2 is 1.46 bits per heavy atom. The lowest BCUT2D eigenvalue weighted by Crippen LogP contribution is -2.45. The summed E-state index contributed by atoms with van der Waals surface area (Å²) in [6, 6.07) is 26.0. The highest BCUT2D eigenvalue weighted by molar-refractivity contribution is 5.99. The molecule has 13 heteroatoms. The van der Waals surface area contributed by atoms with Gasteiger partial charge < -0.3 is 14.2 Å². The number of hydrogen-bond donors (Lipinski definition) is 0. The molecule has 2 heterocycles. The van der Waals surface area contributed by atoms with Gasteiger partial charge in [-0.2, -0.15) is 19.2 Å². The number of benzene rings is 3. The molecular weight excluding hydrogens is 599 g/mol. The number of ether oxygens (including phenoxy) is 3. The summed E-state index contributed by atoms with van der Waals surface area (Å²) < 4.78 is 31.3. The molecule has 0 aliphatic heterocycles. The number of carbonyl (C=O) groups is 3. The molecule has 0 N–H and O–H groups in total. The van der Waals surface area contributed by atoms with Crippen molar-refractivity contribution in [2.45, 2.75) is 13.3 Å². The van der Waals surface area contributed by atoms with Crippen molar-refractivity contribution in [2.75, 3.05) is 0 Å². The topological polar surface area (TPSA) is 160 Å². The lowest BCUT2D eigenvalue weighted by molar-refractivity contribution is 0.0585. The molecule has 12 nitrogen and oxygen atoms in total. The Labute approximate surface area is 259 Å². The molecule has 0 saturated carbocycles. The third-order valence-corrected chi connectivity index (χ3v) is 6.36. The number of nitriles is 1. The van der Waals surface area contributed by atoms with Crippen LogP contribution in [-0.4, -0.2) is 32.0 Å². The monoisotopic (exact) mass is 620 g/mol. The van der Waals surface area contributed by atoms with Gasteiger partial charge in [-0.1, -0.05) is 54.6 Å². The zero-order valence-corrected chi connectivity index (χ0v) is 23.7. The second kappa shape index (κ2) is 13.8. The molecular formula is C33H21FN4O8. The van der Waals surface area contributed by atoms with E-state index in [2.05, 4.69) is 4.98 Å². The van der Waals surface area contributed by atoms with Crippen molar-refractivity contribution in [3.8, 4) is 17.8 Å². The van der Waals surface area contributed by atoms with Crippen LogP contribution in [0.5, 0.6) is 11.8 Å². The average molecular weight is 621 g/mol. The Morgan fingerprint density at radius 1 is 0.804 bits per heavy atom. The van der Waals surface area contributed by atoms with Gasteiger partial charge in [-0.25, -0.2) is 14.4 Å². The normalized spacial score (nSPS) is 10.5. The smallest absolute Gasteiger partial charge is 0.344 e. The minimum absolute atomic E-state index is 0.0763. The van der Waals surface area contributed by atoms with Crippen molar-refractivity contribution in [1.29, 1.82) is 5.26 Å². The fraction of sp³-hybridized carbons (Fsp3) is 0.0606. The fourth-order valence-electron chi connectivity index (χ4n) is 4.10. The van der Waals surface area contributed by atoms with Crippen LogP contribution in [0.4, 0.5) is 4.39 Å². The summed E-state index contributed by atoms with van der Waals surface area (Å²) in [4.78, 5) is 68.2. The second-order valence-corrected chi connectivity index (χ2v) is 9.48. The van der Waals surface area contributed by atoms with Crippen LogP contribution in [0.3, 0.4) is 0 Å². The molecule has 0 radical (unpaired) electrons. The van der Waals surface area contributed by atoms with E-state index in [1.807, 2.05) is 12.1 Å². The highest BCUT2D eigenvalue weighted by Gasteiger charge is 2.22. The van der Waals surface area contributed by atoms with Crippen LogP contribution in [0.25, 0.3) is 0 Å². The molecule has 5 rings (SSSR count). The van der Waals surface area contributed by atoms with Crippen LogP contribution in [0.15, 0.2) is 113 Å². The van der Waals surface area contributed by atoms with Gasteiger partial charge in [0.15, 0.2) is 0 Å². The molecule has 0 bridgehead atoms. The highest BCUT2D eigenvalue weighted by atomic mass is 19.1. The van der Waals surface area contributed by atoms with Crippen molar-refractivity contribution >= 4 is 17.8 Å². The summed E-state index contributed by atoms with van der Waals surface area (Å²) in [5.41, 5.74) is -2.37. The van der Waals surface area contributed by atoms with E-state index in [4.69, 9.17) is 14.2 Å². The summed E-state index contributed by atoms with van der Waals surface area (Å²) in [6.45, 7) is -0.384. The number of rotatable bonds is 9. The summed E-state index contributed by atoms with van der Waals surface area (Å²) in [7, 11) is 0. The van der Waals surface area contributed by atoms with Crippen molar-refractivity contribution in [2.24, 2.45) is 0 Å². The molecule has 46 heavy (non-hydrogen) atoms. The number of nitrogens with zero attached hydrogens (tertiary/aromatic N) is 4. The van der Waals surface area contributed by atoms with Gasteiger partial charge in [-0.05, 0) is 42.0 Å². The minimum Gasteiger partial charge on any atom is -0.404 e. The van der Waals surface area contributed by atoms with Gasteiger partial charge in [0.05, 0.1) is 23.9 Å². The third-order valence-electron chi connectivity index (χ3n) is 6.36. The molecule has 228 valence electrons. The molecule has 5 aromatic rings. The Bertz CT molecular complexity index is 2110. The predicted octanol–water partition coefficient (Wildman–Crippen LogP) is 3.72. The summed E-state index contributed by atoms with van der Waals surface area (Å²) >= 11 is 0. The molecule has 0 amide bonds. The van der Waals surface area contributed by atoms with Gasteiger partial charge in [0.25, 0.3) is 11.5 Å². The first-order valence-electron chi connectivity index (χ1n) is 13.4. The molecule has 0 aliphatic rings. The molecule has 3 aromatic carbocycles. The number of pyridine rings is 1. The maximum Gasteiger partial charge on any atom is 0.344 e. The van der Waals surface area contributed by atoms with Crippen molar-refractivity contribution in [3.05, 3.63) is 158 Å². The zero-order valence-electron chi connectivity index (χ0n) is 23.7. The van der Waals surface area contributed by atoms with Crippen molar-refractivity contribution in [3.63, 3.8) is 0 Å². The van der Waals surface area contributed by atoms with E-state index in [9.17, 15) is 33.6 Å². The minimum atomic E-state index is -1.49. The van der Waals surface area contributed by atoms with Crippen molar-refractivity contribution < 1.29 is 33.0 Å². The van der Waals surface area contributed by atoms with E-state index in [1.54, 1.807) is 42.5 Å². The molecule has 0 aliphatic carbocycles. The van der Waals surface area contributed by atoms with Crippen LogP contribution in [-0.2, 0) is 18.1 Å². The van der Waals surface area contributed by atoms with Crippen LogP contribution in [0.1, 0.15) is 42.2 Å². The quantitative estimate of drug-likeness (QED) is 0.222. The van der Waals surface area contributed by atoms with E-state index in [-0.39, 0.29) is 39.3 Å². The van der Waals surface area contributed by atoms with E-state index < -0.39 is 47.5 Å². The SMILES string of the molecule is N#Cc1ccc(OC(=O)c2ccccc2)nc1OC(=O)c1cccc(C(=O)n2c(=O)c(F)cn(COCc3ccccc3)c2=O)c1. The van der Waals surface area contributed by atoms with E-state index in [0.717, 1.165) is 16.2 Å². The molecule has 0 atom stereocenters. The van der Waals surface area contributed by atoms with Crippen LogP contribution < -0.4 is 20.7 Å². The molecule has 2 aromatic heterocycles. The van der Waals surface area contributed by atoms with Gasteiger partial charge in [-0.3, -0.25) is 14.2 Å². The number of hydrogen-bond acceptors (Lipinski definition) is 10. The number of halogens is 1. The predicted molar refractivity (Wildman–Crippen MR) is 158 cm³/mol. The van der Waals surface area contributed by atoms with Crippen LogP contribution in [0, 0.1) is 17.1 Å². The lowest BCUT2D eigenvalue weighted by Gasteiger charge is -2.11. The highest BCUT2D eigenvalue weighted by Crippen LogP contribution is 2.22. The Balaban J connectivity index is 1.35. The van der Waals surface area contributed by atoms with E-state index in [0.29, 0.717) is 6.20 Å². The molecule has 0 fully saturated rings. The third kappa shape index (κ3) is 6.99. The molecule has 0 saturated heterocycles. The van der Waals surface area contributed by atoms with E-state index >= 15 is 0 Å². The number of aromatic nitrogens is 3. The largest absolute Gasteiger partial charge is 0.404 e. The van der Waals surface area contributed by atoms with Gasteiger partial charge in [-0.15, -0.1) is 0 Å². The second-order valence-electron chi connectivity index (χ2n) is 9.48. The van der Waals surface area contributed by atoms with Gasteiger partial charge in [0, 0.05) is 11.6 Å². The number of esters is 2. The van der Waals surface area contributed by atoms with Gasteiger partial charge in [0.1, 0.15) is 18.4 Å². The number of carbonyl (C=O) groups excluding carboxylic acids is 3. The Hall–Kier alpha value is -6.52. The fourth-order valence-corrected chi connectivity index (χ4v) is 4.10. The maximum atomic E-state index is 14.5. The van der Waals surface area contributed by atoms with Gasteiger partial charge in [0.2, 0.25) is 17.6 Å². The van der Waals surface area contributed by atoms with Crippen molar-refractivity contribution in [1.82, 2.24) is 14.1 Å². The standard InChI is InChI=1S/C33H21FN4O8/c34-26-18-37(20-44-19-21-8-3-1-4-9-21)33(43)38(30(26)40)29(39)23-12-7-13-24(16-23)32(42)46-28-25(17-35)14-15-27(36-28)45-31(41)22-10-5-2-6-11-22/h1-16,18H,19-20H2. The lowest BCUT2D eigenvalue weighted by atomic mass is 10.1. The van der Waals surface area contributed by atoms with Gasteiger partial charge >= 0.3 is 17.6 Å². The Kier molecular flexibility index (Phi) is 9.31. The van der Waals surface area contributed by atoms with Crippen LogP contribution >= 0.6 is 0 Å². The summed E-state index contributed by atoms with van der Waals surface area (Å²) in [5, 5.41) is 9.47. The molecule has 0 spiro atoms. The summed E-state index contributed by atoms with van der Waals surface area (Å²) in [6.07, 6.45) is 0.637. The first-order chi connectivity index (χ1) is 22.2. The zero-order chi connectivity index (χ0) is 32.6. The molecule has 0 unspecified atom stereocenters. The van der Waals surface area contributed by atoms with E-state index in [1.165, 1.54) is 42.5 Å². The first-order valence-corrected chi connectivity index (χ1v) is 13.4. The average Bonchev–Trinajstić information content (AvgIpc) is 3.08. The maximum absolute atomic E-state index is 14.5. The Morgan fingerprint density at radius 3 is 2.17 bits per heavy atom. The first kappa shape index (κ1) is 30.9. The summed E-state index contributed by atoms with van der Waals surface area (Å²) in [5.74, 6) is -5.16.